The number of aryl methyl sites for hydroxylation is 1. The summed E-state index contributed by atoms with van der Waals surface area (Å²) >= 11 is 1.58. The van der Waals surface area contributed by atoms with Gasteiger partial charge in [-0.2, -0.15) is 0 Å². The van der Waals surface area contributed by atoms with E-state index in [1.807, 2.05) is 47.4 Å². The monoisotopic (exact) mass is 543 g/mol. The third kappa shape index (κ3) is 7.74. The third-order valence-electron chi connectivity index (χ3n) is 6.74. The van der Waals surface area contributed by atoms with Crippen LogP contribution >= 0.6 is 11.8 Å². The van der Waals surface area contributed by atoms with Gasteiger partial charge in [0.1, 0.15) is 0 Å². The van der Waals surface area contributed by atoms with Gasteiger partial charge in [-0.15, -0.1) is 0 Å². The van der Waals surface area contributed by atoms with Crippen molar-refractivity contribution in [3.8, 4) is 0 Å². The molecule has 5 nitrogen and oxygen atoms in total. The van der Waals surface area contributed by atoms with Crippen molar-refractivity contribution < 1.29 is 9.59 Å². The highest BCUT2D eigenvalue weighted by atomic mass is 32.2. The van der Waals surface area contributed by atoms with Gasteiger partial charge in [0.25, 0.3) is 11.8 Å². The van der Waals surface area contributed by atoms with Crippen LogP contribution in [-0.4, -0.2) is 42.9 Å². The molecule has 2 amide bonds. The van der Waals surface area contributed by atoms with Crippen LogP contribution in [0.3, 0.4) is 0 Å². The van der Waals surface area contributed by atoms with Crippen LogP contribution in [0.4, 0.5) is 5.69 Å². The Morgan fingerprint density at radius 2 is 1.62 bits per heavy atom. The Bertz CT molecular complexity index is 1280. The molecule has 0 saturated carbocycles. The van der Waals surface area contributed by atoms with E-state index in [0.29, 0.717) is 36.1 Å². The van der Waals surface area contributed by atoms with Crippen molar-refractivity contribution in [1.82, 2.24) is 10.2 Å². The van der Waals surface area contributed by atoms with E-state index < -0.39 is 0 Å². The van der Waals surface area contributed by atoms with Crippen molar-refractivity contribution in [2.45, 2.75) is 57.4 Å². The maximum absolute atomic E-state index is 13.8. The first-order valence-corrected chi connectivity index (χ1v) is 14.8. The van der Waals surface area contributed by atoms with E-state index in [2.05, 4.69) is 69.1 Å². The SMILES string of the molecule is Cc1ccc(CN2C(=O)c3ccccc3Sc3ccc(C(=O)NCCCN(CC(C)C)CC(C)C)cc32)cc1. The molecule has 0 aromatic heterocycles. The van der Waals surface area contributed by atoms with E-state index in [4.69, 9.17) is 0 Å². The van der Waals surface area contributed by atoms with Crippen LogP contribution in [-0.2, 0) is 6.54 Å². The van der Waals surface area contributed by atoms with Crippen LogP contribution in [0, 0.1) is 18.8 Å². The van der Waals surface area contributed by atoms with Crippen molar-refractivity contribution in [3.05, 3.63) is 89.0 Å². The van der Waals surface area contributed by atoms with Crippen molar-refractivity contribution in [2.24, 2.45) is 11.8 Å². The fourth-order valence-electron chi connectivity index (χ4n) is 4.99. The lowest BCUT2D eigenvalue weighted by atomic mass is 10.1. The van der Waals surface area contributed by atoms with Crippen LogP contribution < -0.4 is 10.2 Å². The number of benzene rings is 3. The summed E-state index contributed by atoms with van der Waals surface area (Å²) < 4.78 is 0. The highest BCUT2D eigenvalue weighted by Crippen LogP contribution is 2.42. The summed E-state index contributed by atoms with van der Waals surface area (Å²) in [7, 11) is 0. The number of anilines is 1. The summed E-state index contributed by atoms with van der Waals surface area (Å²) in [4.78, 5) is 33.2. The van der Waals surface area contributed by atoms with Crippen LogP contribution in [0.2, 0.25) is 0 Å². The third-order valence-corrected chi connectivity index (χ3v) is 7.88. The van der Waals surface area contributed by atoms with Crippen molar-refractivity contribution in [3.63, 3.8) is 0 Å². The second-order valence-electron chi connectivity index (χ2n) is 11.3. The largest absolute Gasteiger partial charge is 0.352 e. The molecule has 206 valence electrons. The standard InChI is InChI=1S/C33H41N3O2S/c1-23(2)20-35(21-24(3)4)18-8-17-34-32(37)27-15-16-31-29(19-27)36(22-26-13-11-25(5)12-14-26)33(38)28-9-6-7-10-30(28)39-31/h6-7,9-16,19,23-24H,8,17-18,20-22H2,1-5H3,(H,34,37). The van der Waals surface area contributed by atoms with Gasteiger partial charge in [0, 0.05) is 35.0 Å². The highest BCUT2D eigenvalue weighted by molar-refractivity contribution is 7.99. The lowest BCUT2D eigenvalue weighted by Crippen LogP contribution is -2.34. The number of nitrogens with zero attached hydrogens (tertiary/aromatic N) is 2. The first kappa shape index (κ1) is 28.9. The van der Waals surface area contributed by atoms with Crippen molar-refractivity contribution in [1.29, 1.82) is 0 Å². The molecule has 0 saturated heterocycles. The number of nitrogens with one attached hydrogen (secondary N) is 1. The quantitative estimate of drug-likeness (QED) is 0.264. The molecule has 0 radical (unpaired) electrons. The van der Waals surface area contributed by atoms with E-state index in [1.165, 1.54) is 5.56 Å². The molecular weight excluding hydrogens is 502 g/mol. The summed E-state index contributed by atoms with van der Waals surface area (Å²) in [6.07, 6.45) is 0.902. The predicted octanol–water partition coefficient (Wildman–Crippen LogP) is 7.04. The van der Waals surface area contributed by atoms with Gasteiger partial charge in [0.2, 0.25) is 0 Å². The van der Waals surface area contributed by atoms with Gasteiger partial charge in [0.15, 0.2) is 0 Å². The zero-order chi connectivity index (χ0) is 27.9. The Morgan fingerprint density at radius 3 is 2.31 bits per heavy atom. The van der Waals surface area contributed by atoms with Gasteiger partial charge in [-0.1, -0.05) is 81.4 Å². The first-order valence-electron chi connectivity index (χ1n) is 14.0. The summed E-state index contributed by atoms with van der Waals surface area (Å²) in [5.41, 5.74) is 4.26. The zero-order valence-corrected chi connectivity index (χ0v) is 24.7. The molecule has 1 N–H and O–H groups in total. The Balaban J connectivity index is 1.51. The normalized spacial score (nSPS) is 13.0. The minimum absolute atomic E-state index is 0.0506. The van der Waals surface area contributed by atoms with E-state index in [1.54, 1.807) is 11.8 Å². The van der Waals surface area contributed by atoms with E-state index in [0.717, 1.165) is 47.1 Å². The van der Waals surface area contributed by atoms with Gasteiger partial charge in [-0.25, -0.2) is 0 Å². The van der Waals surface area contributed by atoms with Crippen LogP contribution in [0.1, 0.15) is 66.0 Å². The molecule has 0 spiro atoms. The molecule has 3 aromatic carbocycles. The Morgan fingerprint density at radius 1 is 0.923 bits per heavy atom. The molecule has 1 aliphatic rings. The van der Waals surface area contributed by atoms with Gasteiger partial charge in [0.05, 0.1) is 17.8 Å². The van der Waals surface area contributed by atoms with Gasteiger partial charge >= 0.3 is 0 Å². The minimum Gasteiger partial charge on any atom is -0.352 e. The molecule has 0 fully saturated rings. The van der Waals surface area contributed by atoms with Crippen LogP contribution in [0.5, 0.6) is 0 Å². The maximum atomic E-state index is 13.8. The van der Waals surface area contributed by atoms with Gasteiger partial charge < -0.3 is 15.1 Å². The van der Waals surface area contributed by atoms with Crippen molar-refractivity contribution >= 4 is 29.3 Å². The van der Waals surface area contributed by atoms with E-state index in [9.17, 15) is 9.59 Å². The molecule has 1 aliphatic heterocycles. The number of hydrogen-bond acceptors (Lipinski definition) is 4. The molecule has 0 aliphatic carbocycles. The molecule has 0 atom stereocenters. The number of amides is 2. The molecule has 1 heterocycles. The second-order valence-corrected chi connectivity index (χ2v) is 12.4. The Hall–Kier alpha value is -3.09. The molecule has 4 rings (SSSR count). The zero-order valence-electron chi connectivity index (χ0n) is 23.9. The molecule has 39 heavy (non-hydrogen) atoms. The smallest absolute Gasteiger partial charge is 0.259 e. The molecular formula is C33H41N3O2S. The lowest BCUT2D eigenvalue weighted by molar-refractivity contribution is 0.0947. The maximum Gasteiger partial charge on any atom is 0.259 e. The number of hydrogen-bond donors (Lipinski definition) is 1. The van der Waals surface area contributed by atoms with E-state index in [-0.39, 0.29) is 11.8 Å². The number of fused-ring (bicyclic) bond motifs is 2. The minimum atomic E-state index is -0.105. The molecule has 3 aromatic rings. The summed E-state index contributed by atoms with van der Waals surface area (Å²) in [5.74, 6) is 1.08. The lowest BCUT2D eigenvalue weighted by Gasteiger charge is -2.26. The second kappa shape index (κ2) is 13.3. The Labute approximate surface area is 238 Å². The predicted molar refractivity (Wildman–Crippen MR) is 162 cm³/mol. The van der Waals surface area contributed by atoms with Crippen molar-refractivity contribution in [2.75, 3.05) is 31.1 Å². The average molecular weight is 544 g/mol. The topological polar surface area (TPSA) is 52.7 Å². The fourth-order valence-corrected chi connectivity index (χ4v) is 6.05. The highest BCUT2D eigenvalue weighted by Gasteiger charge is 2.28. The average Bonchev–Trinajstić information content (AvgIpc) is 3.01. The Kier molecular flexibility index (Phi) is 9.87. The van der Waals surface area contributed by atoms with Gasteiger partial charge in [-0.3, -0.25) is 9.59 Å². The number of carbonyl (C=O) groups is 2. The summed E-state index contributed by atoms with van der Waals surface area (Å²) in [5, 5.41) is 3.11. The number of carbonyl (C=O) groups excluding carboxylic acids is 2. The van der Waals surface area contributed by atoms with E-state index >= 15 is 0 Å². The van der Waals surface area contributed by atoms with Crippen LogP contribution in [0.25, 0.3) is 0 Å². The summed E-state index contributed by atoms with van der Waals surface area (Å²) in [6, 6.07) is 21.7. The first-order chi connectivity index (χ1) is 18.7. The molecule has 6 heteroatoms. The van der Waals surface area contributed by atoms with Gasteiger partial charge in [-0.05, 0) is 67.6 Å². The summed E-state index contributed by atoms with van der Waals surface area (Å²) in [6.45, 7) is 15.2. The fraction of sp³-hybridized carbons (Fsp3) is 0.394. The molecule has 0 unspecified atom stereocenters. The molecule has 0 bridgehead atoms. The van der Waals surface area contributed by atoms with Crippen LogP contribution in [0.15, 0.2) is 76.5 Å². The number of rotatable bonds is 11.